The molecule has 0 aromatic rings. The largest absolute Gasteiger partial charge is 0.444 e. The number of likely N-dealkylation sites (tertiary alicyclic amines) is 2. The number of nitrogens with one attached hydrogen (secondary N) is 1. The molecule has 0 radical (unpaired) electrons. The first-order valence-electron chi connectivity index (χ1n) is 10.9. The van der Waals surface area contributed by atoms with E-state index < -0.39 is 25.6 Å². The van der Waals surface area contributed by atoms with Gasteiger partial charge in [0.1, 0.15) is 5.60 Å². The first-order chi connectivity index (χ1) is 13.1. The Balaban J connectivity index is 1.68. The van der Waals surface area contributed by atoms with Gasteiger partial charge in [-0.25, -0.2) is 4.79 Å². The van der Waals surface area contributed by atoms with Crippen molar-refractivity contribution < 1.29 is 17.8 Å². The average Bonchev–Trinajstić information content (AvgIpc) is 3.09. The number of carbonyl (C=O) groups is 1. The van der Waals surface area contributed by atoms with Gasteiger partial charge in [-0.05, 0) is 52.4 Å². The minimum atomic E-state index is -2.49. The van der Waals surface area contributed by atoms with E-state index in [1.54, 1.807) is 4.90 Å². The fourth-order valence-corrected chi connectivity index (χ4v) is 3.40. The fraction of sp³-hybridized carbons (Fsp3) is 0.765. The van der Waals surface area contributed by atoms with Gasteiger partial charge in [-0.15, -0.1) is 0 Å². The Labute approximate surface area is 147 Å². The molecule has 3 heterocycles. The van der Waals surface area contributed by atoms with Crippen molar-refractivity contribution in [3.05, 3.63) is 11.8 Å². The quantitative estimate of drug-likeness (QED) is 0.801. The molecule has 1 amide bonds. The van der Waals surface area contributed by atoms with Gasteiger partial charge >= 0.3 is 6.09 Å². The van der Waals surface area contributed by atoms with Gasteiger partial charge in [-0.3, -0.25) is 9.89 Å². The molecule has 3 unspecified atom stereocenters. The molecule has 128 valence electrons. The van der Waals surface area contributed by atoms with Gasteiger partial charge in [0.05, 0.1) is 0 Å². The number of rotatable bonds is 1. The average molecular weight is 326 g/mol. The number of amides is 1. The van der Waals surface area contributed by atoms with E-state index in [9.17, 15) is 4.79 Å². The second-order valence-corrected chi connectivity index (χ2v) is 7.45. The molecule has 6 nitrogen and oxygen atoms in total. The van der Waals surface area contributed by atoms with Crippen LogP contribution in [0.25, 0.3) is 0 Å². The predicted octanol–water partition coefficient (Wildman–Crippen LogP) is 2.04. The number of ether oxygens (including phenoxy) is 1. The van der Waals surface area contributed by atoms with Crippen molar-refractivity contribution in [3.8, 4) is 0 Å². The third-order valence-corrected chi connectivity index (χ3v) is 4.34. The number of hydrogen-bond donors (Lipinski definition) is 1. The van der Waals surface area contributed by atoms with Crippen molar-refractivity contribution in [1.82, 2.24) is 15.1 Å². The Bertz CT molecular complexity index is 711. The second kappa shape index (κ2) is 5.82. The summed E-state index contributed by atoms with van der Waals surface area (Å²) in [7, 11) is 0. The van der Waals surface area contributed by atoms with Crippen molar-refractivity contribution in [2.75, 3.05) is 26.2 Å². The summed E-state index contributed by atoms with van der Waals surface area (Å²) < 4.78 is 51.2. The molecule has 3 rings (SSSR count). The maximum absolute atomic E-state index is 12.3. The highest BCUT2D eigenvalue weighted by Gasteiger charge is 2.44. The first-order valence-corrected chi connectivity index (χ1v) is 7.92. The molecule has 0 aromatic carbocycles. The van der Waals surface area contributed by atoms with Crippen molar-refractivity contribution in [2.24, 2.45) is 16.8 Å². The van der Waals surface area contributed by atoms with E-state index in [-0.39, 0.29) is 29.3 Å². The summed E-state index contributed by atoms with van der Waals surface area (Å²) in [6.45, 7) is 2.84. The maximum Gasteiger partial charge on any atom is 0.410 e. The monoisotopic (exact) mass is 326 g/mol. The lowest BCUT2D eigenvalue weighted by Gasteiger charge is -2.31. The summed E-state index contributed by atoms with van der Waals surface area (Å²) in [5.41, 5.74) is -0.874. The number of carbonyl (C=O) groups excluding carboxylic acids is 1. The molecule has 23 heavy (non-hydrogen) atoms. The zero-order valence-corrected chi connectivity index (χ0v) is 13.8. The smallest absolute Gasteiger partial charge is 0.410 e. The number of fused-ring (bicyclic) bond motifs is 1. The van der Waals surface area contributed by atoms with Crippen LogP contribution in [-0.2, 0) is 4.74 Å². The lowest BCUT2D eigenvalue weighted by Crippen LogP contribution is -2.46. The SMILES string of the molecule is [2H]C([2H])([2H])C1=CC(C([2H])([2H])[2H])=NC(N2CC3CN(C(=O)OC(C)(C)C)CC3C2)N1. The lowest BCUT2D eigenvalue weighted by atomic mass is 10.0. The lowest BCUT2D eigenvalue weighted by molar-refractivity contribution is 0.0271. The number of aliphatic imine (C=N–C) groups is 1. The molecule has 3 aliphatic heterocycles. The van der Waals surface area contributed by atoms with E-state index in [1.165, 1.54) is 0 Å². The highest BCUT2D eigenvalue weighted by molar-refractivity contribution is 5.93. The van der Waals surface area contributed by atoms with Gasteiger partial charge < -0.3 is 15.0 Å². The molecule has 1 N–H and O–H groups in total. The zero-order chi connectivity index (χ0) is 21.8. The summed E-state index contributed by atoms with van der Waals surface area (Å²) in [5, 5.41) is 2.87. The molecule has 3 aliphatic rings. The zero-order valence-electron chi connectivity index (χ0n) is 19.8. The van der Waals surface area contributed by atoms with Crippen LogP contribution in [0, 0.1) is 11.8 Å². The van der Waals surface area contributed by atoms with E-state index in [1.807, 2.05) is 25.7 Å². The molecular formula is C17H28N4O2. The second-order valence-electron chi connectivity index (χ2n) is 7.45. The fourth-order valence-electron chi connectivity index (χ4n) is 3.40. The first kappa shape index (κ1) is 10.3. The molecular weight excluding hydrogens is 292 g/mol. The standard InChI is InChI=1S/C17H28N4O2/c1-11-6-12(2)19-15(18-11)20-7-13-9-21(10-14(13)8-20)16(22)23-17(3,4)5/h6,13-15,18H,7-10H2,1-5H3/i1D3,2D3. The molecule has 0 bridgehead atoms. The molecule has 0 saturated carbocycles. The van der Waals surface area contributed by atoms with Crippen LogP contribution in [0.15, 0.2) is 16.8 Å². The van der Waals surface area contributed by atoms with Gasteiger partial charge in [0.15, 0.2) is 6.29 Å². The Morgan fingerprint density at radius 3 is 2.57 bits per heavy atom. The molecule has 2 saturated heterocycles. The van der Waals surface area contributed by atoms with Crippen LogP contribution in [-0.4, -0.2) is 59.7 Å². The highest BCUT2D eigenvalue weighted by atomic mass is 16.6. The van der Waals surface area contributed by atoms with E-state index in [4.69, 9.17) is 13.0 Å². The van der Waals surface area contributed by atoms with Gasteiger partial charge in [0, 0.05) is 45.8 Å². The Kier molecular flexibility index (Phi) is 2.61. The summed E-state index contributed by atoms with van der Waals surface area (Å²) in [4.78, 5) is 20.2. The summed E-state index contributed by atoms with van der Waals surface area (Å²) in [6, 6.07) is 0. The predicted molar refractivity (Wildman–Crippen MR) is 90.1 cm³/mol. The number of allylic oxidation sites excluding steroid dienone is 2. The summed E-state index contributed by atoms with van der Waals surface area (Å²) in [6.07, 6.45) is 0.0356. The molecule has 3 atom stereocenters. The van der Waals surface area contributed by atoms with Crippen LogP contribution in [0.3, 0.4) is 0 Å². The van der Waals surface area contributed by atoms with Crippen LogP contribution >= 0.6 is 0 Å². The van der Waals surface area contributed by atoms with Crippen molar-refractivity contribution in [3.63, 3.8) is 0 Å². The maximum atomic E-state index is 12.3. The van der Waals surface area contributed by atoms with Crippen LogP contribution < -0.4 is 5.32 Å². The van der Waals surface area contributed by atoms with Crippen LogP contribution in [0.1, 0.15) is 42.7 Å². The third kappa shape index (κ3) is 3.68. The van der Waals surface area contributed by atoms with Crippen LogP contribution in [0.2, 0.25) is 0 Å². The minimum Gasteiger partial charge on any atom is -0.444 e. The van der Waals surface area contributed by atoms with Crippen molar-refractivity contribution >= 4 is 11.8 Å². The van der Waals surface area contributed by atoms with E-state index in [0.717, 1.165) is 6.08 Å². The molecule has 2 fully saturated rings. The van der Waals surface area contributed by atoms with Crippen molar-refractivity contribution in [2.45, 2.75) is 46.4 Å². The highest BCUT2D eigenvalue weighted by Crippen LogP contribution is 2.33. The van der Waals surface area contributed by atoms with Gasteiger partial charge in [-0.2, -0.15) is 0 Å². The molecule has 0 spiro atoms. The molecule has 0 aromatic heterocycles. The molecule has 0 aliphatic carbocycles. The minimum absolute atomic E-state index is 0.115. The normalized spacial score (nSPS) is 36.3. The van der Waals surface area contributed by atoms with Crippen LogP contribution in [0.4, 0.5) is 4.79 Å². The Morgan fingerprint density at radius 2 is 2.00 bits per heavy atom. The Morgan fingerprint density at radius 1 is 1.30 bits per heavy atom. The number of hydrogen-bond acceptors (Lipinski definition) is 5. The third-order valence-electron chi connectivity index (χ3n) is 4.34. The van der Waals surface area contributed by atoms with Gasteiger partial charge in [0.2, 0.25) is 0 Å². The van der Waals surface area contributed by atoms with E-state index in [2.05, 4.69) is 10.3 Å². The van der Waals surface area contributed by atoms with Gasteiger partial charge in [0.25, 0.3) is 0 Å². The van der Waals surface area contributed by atoms with Crippen molar-refractivity contribution in [1.29, 1.82) is 0 Å². The van der Waals surface area contributed by atoms with Crippen LogP contribution in [0.5, 0.6) is 0 Å². The topological polar surface area (TPSA) is 57.2 Å². The van der Waals surface area contributed by atoms with E-state index >= 15 is 0 Å². The van der Waals surface area contributed by atoms with Gasteiger partial charge in [-0.1, -0.05) is 0 Å². The number of nitrogens with zero attached hydrogens (tertiary/aromatic N) is 3. The Hall–Kier alpha value is -1.56. The molecule has 6 heteroatoms. The summed E-state index contributed by atoms with van der Waals surface area (Å²) >= 11 is 0. The van der Waals surface area contributed by atoms with E-state index in [0.29, 0.717) is 26.2 Å². The summed E-state index contributed by atoms with van der Waals surface area (Å²) in [5.74, 6) is 0.413.